The number of ether oxygens (including phenoxy) is 2. The Bertz CT molecular complexity index is 1280. The van der Waals surface area contributed by atoms with Gasteiger partial charge in [0.25, 0.3) is 0 Å². The molecule has 5 nitrogen and oxygen atoms in total. The minimum atomic E-state index is 0. The molecule has 0 amide bonds. The number of aryl methyl sites for hydroxylation is 1. The molecular formula is C37H57IN3O2S+. The van der Waals surface area contributed by atoms with Crippen LogP contribution in [0.3, 0.4) is 0 Å². The molecule has 0 saturated carbocycles. The van der Waals surface area contributed by atoms with E-state index in [1.807, 2.05) is 11.3 Å². The van der Waals surface area contributed by atoms with Crippen molar-refractivity contribution in [3.05, 3.63) is 41.3 Å². The summed E-state index contributed by atoms with van der Waals surface area (Å²) in [7, 11) is 0. The molecule has 0 bridgehead atoms. The molecule has 0 atom stereocenters. The number of morpholine rings is 2. The van der Waals surface area contributed by atoms with Crippen molar-refractivity contribution in [3.8, 4) is 10.6 Å². The molecule has 3 heterocycles. The lowest BCUT2D eigenvalue weighted by Crippen LogP contribution is -2.41. The second-order valence-electron chi connectivity index (χ2n) is 12.7. The van der Waals surface area contributed by atoms with Gasteiger partial charge in [-0.25, -0.2) is 9.56 Å². The van der Waals surface area contributed by atoms with Crippen LogP contribution in [0.25, 0.3) is 20.8 Å². The van der Waals surface area contributed by atoms with Crippen LogP contribution in [0.4, 0.5) is 5.69 Å². The van der Waals surface area contributed by atoms with Gasteiger partial charge in [0.05, 0.1) is 34.0 Å². The average molecular weight is 735 g/mol. The number of unbranched alkanes of at least 4 members (excludes halogenated alkanes) is 14. The number of halogens is 1. The molecule has 0 radical (unpaired) electrons. The Morgan fingerprint density at radius 3 is 1.95 bits per heavy atom. The number of rotatable bonds is 17. The van der Waals surface area contributed by atoms with Crippen LogP contribution in [-0.2, 0) is 15.9 Å². The molecule has 7 heteroatoms. The van der Waals surface area contributed by atoms with Gasteiger partial charge in [-0.05, 0) is 37.1 Å². The van der Waals surface area contributed by atoms with Gasteiger partial charge in [-0.1, -0.05) is 96.8 Å². The maximum atomic E-state index is 5.70. The van der Waals surface area contributed by atoms with Crippen LogP contribution in [-0.4, -0.2) is 57.6 Å². The largest absolute Gasteiger partial charge is 0.378 e. The van der Waals surface area contributed by atoms with Crippen LogP contribution in [0.1, 0.15) is 109 Å². The van der Waals surface area contributed by atoms with Crippen LogP contribution < -0.4 is 14.8 Å². The standard InChI is InChI=1S/C37H56N3O2S.HI/c1-2-3-4-5-6-7-8-9-10-11-12-13-14-15-16-17-31-28-34-37(30-35(31)40-22-26-42-27-23-40)43-36-29-32(18-19-33(36)38-34)39-20-24-41-25-21-39;/h18-19,28-30H,2-17,20-27H2,1H3;1H/q+1;. The smallest absolute Gasteiger partial charge is 0.204 e. The molecule has 1 aromatic rings. The summed E-state index contributed by atoms with van der Waals surface area (Å²) in [6.07, 6.45) is 22.2. The monoisotopic (exact) mass is 734 g/mol. The minimum absolute atomic E-state index is 0. The normalized spacial score (nSPS) is 15.7. The number of nitrogens with zero attached hydrogens (tertiary/aromatic N) is 3. The van der Waals surface area contributed by atoms with Crippen molar-refractivity contribution in [3.63, 3.8) is 0 Å². The Balaban J connectivity index is 0.00000442. The fourth-order valence-electron chi connectivity index (χ4n) is 6.70. The number of anilines is 1. The molecule has 44 heavy (non-hydrogen) atoms. The highest BCUT2D eigenvalue weighted by Gasteiger charge is 2.19. The molecule has 2 saturated heterocycles. The Morgan fingerprint density at radius 1 is 0.727 bits per heavy atom. The number of fused-ring (bicyclic) bond motifs is 2. The molecule has 0 unspecified atom stereocenters. The first-order valence-corrected chi connectivity index (χ1v) is 18.5. The maximum absolute atomic E-state index is 5.70. The molecule has 244 valence electrons. The zero-order chi connectivity index (χ0) is 29.5. The van der Waals surface area contributed by atoms with Gasteiger partial charge in [0.1, 0.15) is 13.2 Å². The molecule has 4 aliphatic rings. The number of hydrogen-bond acceptors (Lipinski definition) is 5. The highest BCUT2D eigenvalue weighted by Crippen LogP contribution is 2.33. The van der Waals surface area contributed by atoms with Crippen molar-refractivity contribution >= 4 is 51.2 Å². The summed E-state index contributed by atoms with van der Waals surface area (Å²) < 4.78 is 15.1. The molecule has 3 aliphatic heterocycles. The lowest BCUT2D eigenvalue weighted by Gasteiger charge is -2.29. The maximum Gasteiger partial charge on any atom is 0.204 e. The van der Waals surface area contributed by atoms with Gasteiger partial charge < -0.3 is 14.4 Å². The summed E-state index contributed by atoms with van der Waals surface area (Å²) in [6.45, 7) is 9.42. The van der Waals surface area contributed by atoms with Crippen LogP contribution >= 0.6 is 35.3 Å². The van der Waals surface area contributed by atoms with E-state index in [4.69, 9.17) is 14.5 Å². The van der Waals surface area contributed by atoms with Crippen molar-refractivity contribution in [2.24, 2.45) is 0 Å². The highest BCUT2D eigenvalue weighted by molar-refractivity contribution is 14.0. The van der Waals surface area contributed by atoms with E-state index in [2.05, 4.69) is 46.7 Å². The first-order chi connectivity index (χ1) is 21.3. The Labute approximate surface area is 287 Å². The van der Waals surface area contributed by atoms with Crippen LogP contribution in [0.15, 0.2) is 30.3 Å². The van der Waals surface area contributed by atoms with E-state index in [9.17, 15) is 0 Å². The molecule has 0 spiro atoms. The molecule has 0 N–H and O–H groups in total. The van der Waals surface area contributed by atoms with E-state index in [0.29, 0.717) is 0 Å². The van der Waals surface area contributed by atoms with Crippen LogP contribution in [0.2, 0.25) is 0 Å². The summed E-state index contributed by atoms with van der Waals surface area (Å²) in [5, 5.41) is 1.41. The first kappa shape index (κ1) is 35.6. The summed E-state index contributed by atoms with van der Waals surface area (Å²) in [4.78, 5) is 8.87. The van der Waals surface area contributed by atoms with Gasteiger partial charge in [-0.2, -0.15) is 0 Å². The summed E-state index contributed by atoms with van der Waals surface area (Å²) in [6, 6.07) is 11.6. The minimum Gasteiger partial charge on any atom is -0.378 e. The second kappa shape index (κ2) is 20.1. The van der Waals surface area contributed by atoms with E-state index in [0.717, 1.165) is 70.2 Å². The second-order valence-corrected chi connectivity index (χ2v) is 13.8. The first-order valence-electron chi connectivity index (χ1n) is 17.7. The predicted molar refractivity (Wildman–Crippen MR) is 199 cm³/mol. The van der Waals surface area contributed by atoms with Crippen molar-refractivity contribution in [2.75, 3.05) is 57.5 Å². The van der Waals surface area contributed by atoms with Gasteiger partial charge in [0, 0.05) is 30.4 Å². The van der Waals surface area contributed by atoms with Gasteiger partial charge in [0.2, 0.25) is 5.36 Å². The predicted octanol–water partition coefficient (Wildman–Crippen LogP) is 9.07. The molecular weight excluding hydrogens is 677 g/mol. The van der Waals surface area contributed by atoms with Crippen molar-refractivity contribution in [1.29, 1.82) is 0 Å². The Hall–Kier alpha value is -1.29. The molecule has 1 aliphatic carbocycles. The van der Waals surface area contributed by atoms with E-state index in [1.54, 1.807) is 0 Å². The highest BCUT2D eigenvalue weighted by atomic mass is 127. The van der Waals surface area contributed by atoms with E-state index in [-0.39, 0.29) is 24.0 Å². The van der Waals surface area contributed by atoms with Crippen LogP contribution in [0.5, 0.6) is 0 Å². The molecule has 0 aromatic heterocycles. The zero-order valence-corrected chi connectivity index (χ0v) is 30.5. The SMILES string of the molecule is CCCCCCCCCCCCCCCCCc1cc2nc3ccc(N4CCOCC4)cc3sc-2cc1=[N+]1CCOCC1.I. The van der Waals surface area contributed by atoms with E-state index >= 15 is 0 Å². The molecule has 2 fully saturated rings. The van der Waals surface area contributed by atoms with Crippen molar-refractivity contribution in [1.82, 2.24) is 9.56 Å². The Kier molecular flexibility index (Phi) is 16.2. The molecule has 1 aromatic carbocycles. The summed E-state index contributed by atoms with van der Waals surface area (Å²) in [5.41, 5.74) is 5.00. The number of hydrogen-bond donors (Lipinski definition) is 0. The van der Waals surface area contributed by atoms with Gasteiger partial charge in [0.15, 0.2) is 13.1 Å². The molecule has 5 rings (SSSR count). The van der Waals surface area contributed by atoms with Gasteiger partial charge in [-0.15, -0.1) is 35.3 Å². The lowest BCUT2D eigenvalue weighted by molar-refractivity contribution is 0.0964. The van der Waals surface area contributed by atoms with E-state index in [1.165, 1.54) is 122 Å². The topological polar surface area (TPSA) is 37.6 Å². The van der Waals surface area contributed by atoms with Gasteiger partial charge in [-0.3, -0.25) is 0 Å². The Morgan fingerprint density at radius 2 is 1.32 bits per heavy atom. The third-order valence-electron chi connectivity index (χ3n) is 9.34. The van der Waals surface area contributed by atoms with Crippen LogP contribution in [0, 0.1) is 0 Å². The van der Waals surface area contributed by atoms with Gasteiger partial charge >= 0.3 is 0 Å². The van der Waals surface area contributed by atoms with Crippen molar-refractivity contribution < 1.29 is 9.47 Å². The third kappa shape index (κ3) is 10.9. The fraction of sp³-hybridized carbons (Fsp3) is 0.676. The van der Waals surface area contributed by atoms with Crippen molar-refractivity contribution in [2.45, 2.75) is 110 Å². The fourth-order valence-corrected chi connectivity index (χ4v) is 7.71. The third-order valence-corrected chi connectivity index (χ3v) is 10.4. The number of benzene rings is 2. The summed E-state index contributed by atoms with van der Waals surface area (Å²) in [5.74, 6) is 0. The average Bonchev–Trinajstić information content (AvgIpc) is 3.06. The van der Waals surface area contributed by atoms with E-state index < -0.39 is 0 Å². The number of aromatic nitrogens is 1. The zero-order valence-electron chi connectivity index (χ0n) is 27.3. The lowest BCUT2D eigenvalue weighted by atomic mass is 10.0. The quantitative estimate of drug-likeness (QED) is 0.0601. The summed E-state index contributed by atoms with van der Waals surface area (Å²) >= 11 is 1.89.